The minimum Gasteiger partial charge on any atom is -0.361 e. The van der Waals surface area contributed by atoms with E-state index >= 15 is 0 Å². The van der Waals surface area contributed by atoms with Crippen molar-refractivity contribution in [3.8, 4) is 0 Å². The third kappa shape index (κ3) is 2.98. The molecule has 0 aromatic carbocycles. The van der Waals surface area contributed by atoms with Crippen LogP contribution in [0.25, 0.3) is 0 Å². The molecule has 0 saturated carbocycles. The van der Waals surface area contributed by atoms with Gasteiger partial charge in [0.15, 0.2) is 5.13 Å². The van der Waals surface area contributed by atoms with Gasteiger partial charge in [0.2, 0.25) is 0 Å². The summed E-state index contributed by atoms with van der Waals surface area (Å²) in [5.74, 6) is 1.20. The highest BCUT2D eigenvalue weighted by atomic mass is 32.1. The quantitative estimate of drug-likeness (QED) is 0.824. The molecule has 0 bridgehead atoms. The zero-order valence-corrected chi connectivity index (χ0v) is 10.5. The summed E-state index contributed by atoms with van der Waals surface area (Å²) < 4.78 is 0. The molecular formula is C11H20N2S. The SMILES string of the molecule is Cc1sc(NCC(C)C)nc1C(C)C. The lowest BCUT2D eigenvalue weighted by Gasteiger charge is -2.04. The second-order valence-corrected chi connectivity index (χ2v) is 5.59. The molecule has 0 atom stereocenters. The lowest BCUT2D eigenvalue weighted by Crippen LogP contribution is -2.07. The zero-order chi connectivity index (χ0) is 10.7. The molecular weight excluding hydrogens is 192 g/mol. The first-order chi connectivity index (χ1) is 6.50. The molecule has 1 aromatic rings. The number of nitrogens with zero attached hydrogens (tertiary/aromatic N) is 1. The van der Waals surface area contributed by atoms with Crippen molar-refractivity contribution in [2.75, 3.05) is 11.9 Å². The maximum Gasteiger partial charge on any atom is 0.183 e. The Morgan fingerprint density at radius 3 is 2.36 bits per heavy atom. The van der Waals surface area contributed by atoms with Gasteiger partial charge in [0, 0.05) is 11.4 Å². The number of hydrogen-bond donors (Lipinski definition) is 1. The Morgan fingerprint density at radius 1 is 1.29 bits per heavy atom. The lowest BCUT2D eigenvalue weighted by molar-refractivity contribution is 0.687. The van der Waals surface area contributed by atoms with Crippen molar-refractivity contribution in [2.24, 2.45) is 5.92 Å². The molecule has 0 saturated heterocycles. The predicted molar refractivity (Wildman–Crippen MR) is 64.3 cm³/mol. The molecule has 80 valence electrons. The fraction of sp³-hybridized carbons (Fsp3) is 0.727. The molecule has 2 nitrogen and oxygen atoms in total. The number of aromatic nitrogens is 1. The molecule has 1 rings (SSSR count). The summed E-state index contributed by atoms with van der Waals surface area (Å²) in [4.78, 5) is 5.93. The Labute approximate surface area is 90.8 Å². The van der Waals surface area contributed by atoms with Crippen LogP contribution >= 0.6 is 11.3 Å². The molecule has 1 aromatic heterocycles. The molecule has 14 heavy (non-hydrogen) atoms. The Kier molecular flexibility index (Phi) is 3.93. The normalized spacial score (nSPS) is 11.4. The van der Waals surface area contributed by atoms with Crippen LogP contribution in [0.15, 0.2) is 0 Å². The predicted octanol–water partition coefficient (Wildman–Crippen LogP) is 3.64. The lowest BCUT2D eigenvalue weighted by atomic mass is 10.1. The summed E-state index contributed by atoms with van der Waals surface area (Å²) in [6, 6.07) is 0. The van der Waals surface area contributed by atoms with Crippen molar-refractivity contribution < 1.29 is 0 Å². The number of rotatable bonds is 4. The Morgan fingerprint density at radius 2 is 1.93 bits per heavy atom. The molecule has 0 aliphatic rings. The average molecular weight is 212 g/mol. The van der Waals surface area contributed by atoms with Gasteiger partial charge in [-0.3, -0.25) is 0 Å². The van der Waals surface area contributed by atoms with Gasteiger partial charge in [0.05, 0.1) is 5.69 Å². The fourth-order valence-corrected chi connectivity index (χ4v) is 2.29. The Balaban J connectivity index is 2.66. The van der Waals surface area contributed by atoms with E-state index in [1.165, 1.54) is 10.6 Å². The van der Waals surface area contributed by atoms with Gasteiger partial charge in [0.1, 0.15) is 0 Å². The number of anilines is 1. The van der Waals surface area contributed by atoms with Crippen LogP contribution < -0.4 is 5.32 Å². The third-order valence-corrected chi connectivity index (χ3v) is 2.99. The monoisotopic (exact) mass is 212 g/mol. The molecule has 1 N–H and O–H groups in total. The molecule has 0 aliphatic carbocycles. The highest BCUT2D eigenvalue weighted by Crippen LogP contribution is 2.27. The molecule has 3 heteroatoms. The Bertz CT molecular complexity index is 289. The van der Waals surface area contributed by atoms with Crippen LogP contribution in [0.5, 0.6) is 0 Å². The van der Waals surface area contributed by atoms with Crippen molar-refractivity contribution in [2.45, 2.75) is 40.5 Å². The zero-order valence-electron chi connectivity index (χ0n) is 9.72. The topological polar surface area (TPSA) is 24.9 Å². The van der Waals surface area contributed by atoms with Crippen LogP contribution in [0.4, 0.5) is 5.13 Å². The first-order valence-electron chi connectivity index (χ1n) is 5.22. The molecule has 1 heterocycles. The minimum absolute atomic E-state index is 0.529. The van der Waals surface area contributed by atoms with Crippen LogP contribution in [0.3, 0.4) is 0 Å². The maximum absolute atomic E-state index is 4.59. The third-order valence-electron chi connectivity index (χ3n) is 2.04. The molecule has 0 radical (unpaired) electrons. The highest BCUT2D eigenvalue weighted by Gasteiger charge is 2.10. The summed E-state index contributed by atoms with van der Waals surface area (Å²) in [5, 5.41) is 4.44. The van der Waals surface area contributed by atoms with Crippen LogP contribution in [-0.2, 0) is 0 Å². The van der Waals surface area contributed by atoms with Crippen molar-refractivity contribution in [1.82, 2.24) is 4.98 Å². The van der Waals surface area contributed by atoms with Crippen molar-refractivity contribution in [3.63, 3.8) is 0 Å². The molecule has 0 aliphatic heterocycles. The number of thiazole rings is 1. The van der Waals surface area contributed by atoms with Crippen LogP contribution in [0, 0.1) is 12.8 Å². The van der Waals surface area contributed by atoms with Crippen LogP contribution in [0.2, 0.25) is 0 Å². The second kappa shape index (κ2) is 4.78. The van der Waals surface area contributed by atoms with Gasteiger partial charge in [-0.2, -0.15) is 0 Å². The van der Waals surface area contributed by atoms with E-state index in [2.05, 4.69) is 44.9 Å². The standard InChI is InChI=1S/C11H20N2S/c1-7(2)6-12-11-13-10(8(3)4)9(5)14-11/h7-8H,6H2,1-5H3,(H,12,13). The number of aryl methyl sites for hydroxylation is 1. The van der Waals surface area contributed by atoms with Gasteiger partial charge >= 0.3 is 0 Å². The van der Waals surface area contributed by atoms with Gasteiger partial charge in [-0.15, -0.1) is 11.3 Å². The summed E-state index contributed by atoms with van der Waals surface area (Å²) in [7, 11) is 0. The van der Waals surface area contributed by atoms with Crippen molar-refractivity contribution >= 4 is 16.5 Å². The first-order valence-corrected chi connectivity index (χ1v) is 6.03. The highest BCUT2D eigenvalue weighted by molar-refractivity contribution is 7.15. The minimum atomic E-state index is 0.529. The summed E-state index contributed by atoms with van der Waals surface area (Å²) in [6.45, 7) is 11.9. The van der Waals surface area contributed by atoms with Crippen LogP contribution in [0.1, 0.15) is 44.2 Å². The second-order valence-electron chi connectivity index (χ2n) is 4.39. The summed E-state index contributed by atoms with van der Waals surface area (Å²) >= 11 is 1.76. The van der Waals surface area contributed by atoms with Gasteiger partial charge < -0.3 is 5.32 Å². The van der Waals surface area contributed by atoms with Crippen molar-refractivity contribution in [3.05, 3.63) is 10.6 Å². The van der Waals surface area contributed by atoms with Gasteiger partial charge in [0.25, 0.3) is 0 Å². The van der Waals surface area contributed by atoms with E-state index in [0.29, 0.717) is 11.8 Å². The van der Waals surface area contributed by atoms with E-state index < -0.39 is 0 Å². The molecule has 0 fully saturated rings. The van der Waals surface area contributed by atoms with Gasteiger partial charge in [-0.05, 0) is 18.8 Å². The summed E-state index contributed by atoms with van der Waals surface area (Å²) in [6.07, 6.45) is 0. The largest absolute Gasteiger partial charge is 0.361 e. The molecule has 0 amide bonds. The maximum atomic E-state index is 4.59. The van der Waals surface area contributed by atoms with E-state index in [9.17, 15) is 0 Å². The Hall–Kier alpha value is -0.570. The number of hydrogen-bond acceptors (Lipinski definition) is 3. The number of nitrogens with one attached hydrogen (secondary N) is 1. The molecule has 0 unspecified atom stereocenters. The smallest absolute Gasteiger partial charge is 0.183 e. The summed E-state index contributed by atoms with van der Waals surface area (Å²) in [5.41, 5.74) is 1.24. The first kappa shape index (κ1) is 11.5. The van der Waals surface area contributed by atoms with E-state index in [1.807, 2.05) is 0 Å². The van der Waals surface area contributed by atoms with Gasteiger partial charge in [-0.25, -0.2) is 4.98 Å². The van der Waals surface area contributed by atoms with Crippen LogP contribution in [-0.4, -0.2) is 11.5 Å². The molecule has 0 spiro atoms. The van der Waals surface area contributed by atoms with Gasteiger partial charge in [-0.1, -0.05) is 27.7 Å². The van der Waals surface area contributed by atoms with E-state index in [-0.39, 0.29) is 0 Å². The van der Waals surface area contributed by atoms with E-state index in [4.69, 9.17) is 0 Å². The fourth-order valence-electron chi connectivity index (χ4n) is 1.31. The van der Waals surface area contributed by atoms with E-state index in [0.717, 1.165) is 11.7 Å². The van der Waals surface area contributed by atoms with E-state index in [1.54, 1.807) is 11.3 Å². The average Bonchev–Trinajstić information content (AvgIpc) is 2.43. The van der Waals surface area contributed by atoms with Crippen molar-refractivity contribution in [1.29, 1.82) is 0 Å².